The van der Waals surface area contributed by atoms with Crippen LogP contribution in [0.1, 0.15) is 45.1 Å². The molecule has 0 atom stereocenters. The molecule has 4 nitrogen and oxygen atoms in total. The first-order valence-electron chi connectivity index (χ1n) is 6.69. The fourth-order valence-electron chi connectivity index (χ4n) is 1.68. The minimum absolute atomic E-state index is 0.324. The van der Waals surface area contributed by atoms with Crippen molar-refractivity contribution in [3.8, 4) is 12.3 Å². The van der Waals surface area contributed by atoms with Gasteiger partial charge in [0.2, 0.25) is 0 Å². The van der Waals surface area contributed by atoms with Gasteiger partial charge in [-0.2, -0.15) is 0 Å². The highest BCUT2D eigenvalue weighted by Crippen LogP contribution is 2.19. The second kappa shape index (κ2) is 7.10. The molecule has 0 bridgehead atoms. The van der Waals surface area contributed by atoms with Crippen LogP contribution in [-0.4, -0.2) is 29.6 Å². The van der Waals surface area contributed by atoms with Gasteiger partial charge in [0.1, 0.15) is 5.82 Å². The molecular formula is C15H24N4. The number of terminal acetylenes is 1. The van der Waals surface area contributed by atoms with Crippen molar-refractivity contribution in [2.75, 3.05) is 18.5 Å². The lowest BCUT2D eigenvalue weighted by molar-refractivity contribution is 0.576. The molecule has 0 aliphatic heterocycles. The summed E-state index contributed by atoms with van der Waals surface area (Å²) < 4.78 is 0. The Bertz CT molecular complexity index is 446. The smallest absolute Gasteiger partial charge is 0.131 e. The summed E-state index contributed by atoms with van der Waals surface area (Å²) in [6, 6.07) is 0.420. The summed E-state index contributed by atoms with van der Waals surface area (Å²) >= 11 is 0. The van der Waals surface area contributed by atoms with E-state index in [0.717, 1.165) is 23.8 Å². The predicted octanol–water partition coefficient (Wildman–Crippen LogP) is 2.17. The molecule has 0 radical (unpaired) electrons. The van der Waals surface area contributed by atoms with Crippen LogP contribution >= 0.6 is 0 Å². The summed E-state index contributed by atoms with van der Waals surface area (Å²) in [6.45, 7) is 9.72. The molecule has 0 saturated carbocycles. The van der Waals surface area contributed by atoms with Crippen molar-refractivity contribution in [2.24, 2.45) is 0 Å². The number of hydrogen-bond donors (Lipinski definition) is 1. The first-order chi connectivity index (χ1) is 8.95. The maximum Gasteiger partial charge on any atom is 0.131 e. The Labute approximate surface area is 116 Å². The quantitative estimate of drug-likeness (QED) is 0.796. The molecule has 0 amide bonds. The van der Waals surface area contributed by atoms with Crippen molar-refractivity contribution in [1.29, 1.82) is 0 Å². The highest BCUT2D eigenvalue weighted by molar-refractivity contribution is 5.49. The minimum atomic E-state index is 0.324. The molecule has 0 aromatic carbocycles. The van der Waals surface area contributed by atoms with Crippen LogP contribution in [0.25, 0.3) is 0 Å². The summed E-state index contributed by atoms with van der Waals surface area (Å²) in [7, 11) is 1.96. The lowest BCUT2D eigenvalue weighted by Crippen LogP contribution is -2.26. The molecule has 19 heavy (non-hydrogen) atoms. The molecular weight excluding hydrogens is 236 g/mol. The zero-order valence-corrected chi connectivity index (χ0v) is 12.6. The third-order valence-electron chi connectivity index (χ3n) is 2.80. The van der Waals surface area contributed by atoms with E-state index in [1.165, 1.54) is 0 Å². The second-order valence-electron chi connectivity index (χ2n) is 5.31. The Hall–Kier alpha value is -1.60. The Balaban J connectivity index is 3.04. The van der Waals surface area contributed by atoms with Crippen molar-refractivity contribution in [3.63, 3.8) is 0 Å². The van der Waals surface area contributed by atoms with Gasteiger partial charge in [-0.15, -0.1) is 6.42 Å². The van der Waals surface area contributed by atoms with Gasteiger partial charge in [0.15, 0.2) is 0 Å². The van der Waals surface area contributed by atoms with Gasteiger partial charge in [0.05, 0.1) is 24.1 Å². The summed E-state index contributed by atoms with van der Waals surface area (Å²) in [4.78, 5) is 11.1. The highest BCUT2D eigenvalue weighted by Gasteiger charge is 2.12. The SMILES string of the molecule is C#CCN(C)c1cnc(C(C)C)nc1CNC(C)C. The molecule has 1 aromatic rings. The zero-order valence-electron chi connectivity index (χ0n) is 12.6. The van der Waals surface area contributed by atoms with E-state index < -0.39 is 0 Å². The van der Waals surface area contributed by atoms with Crippen LogP contribution < -0.4 is 10.2 Å². The number of hydrogen-bond acceptors (Lipinski definition) is 4. The van der Waals surface area contributed by atoms with Gasteiger partial charge < -0.3 is 10.2 Å². The van der Waals surface area contributed by atoms with Gasteiger partial charge in [0.25, 0.3) is 0 Å². The number of nitrogens with zero attached hydrogens (tertiary/aromatic N) is 3. The highest BCUT2D eigenvalue weighted by atomic mass is 15.1. The Morgan fingerprint density at radius 2 is 2.05 bits per heavy atom. The number of rotatable bonds is 6. The third-order valence-corrected chi connectivity index (χ3v) is 2.80. The molecule has 1 N–H and O–H groups in total. The maximum atomic E-state index is 5.37. The number of nitrogens with one attached hydrogen (secondary N) is 1. The average Bonchev–Trinajstić information content (AvgIpc) is 2.36. The summed E-state index contributed by atoms with van der Waals surface area (Å²) in [5, 5.41) is 3.40. The van der Waals surface area contributed by atoms with Crippen LogP contribution in [0.5, 0.6) is 0 Å². The maximum absolute atomic E-state index is 5.37. The summed E-state index contributed by atoms with van der Waals surface area (Å²) in [6.07, 6.45) is 7.24. The molecule has 1 rings (SSSR count). The zero-order chi connectivity index (χ0) is 14.4. The molecule has 1 heterocycles. The van der Waals surface area contributed by atoms with E-state index >= 15 is 0 Å². The van der Waals surface area contributed by atoms with Gasteiger partial charge in [-0.1, -0.05) is 33.6 Å². The van der Waals surface area contributed by atoms with Crippen molar-refractivity contribution in [2.45, 2.75) is 46.2 Å². The van der Waals surface area contributed by atoms with E-state index in [1.807, 2.05) is 18.1 Å². The Kier molecular flexibility index (Phi) is 5.78. The lowest BCUT2D eigenvalue weighted by Gasteiger charge is -2.21. The number of anilines is 1. The topological polar surface area (TPSA) is 41.1 Å². The Morgan fingerprint density at radius 3 is 2.58 bits per heavy atom. The molecule has 0 fully saturated rings. The molecule has 0 aliphatic carbocycles. The number of aromatic nitrogens is 2. The van der Waals surface area contributed by atoms with Gasteiger partial charge >= 0.3 is 0 Å². The van der Waals surface area contributed by atoms with E-state index in [2.05, 4.69) is 48.9 Å². The summed E-state index contributed by atoms with van der Waals surface area (Å²) in [5.74, 6) is 3.84. The largest absolute Gasteiger partial charge is 0.361 e. The van der Waals surface area contributed by atoms with Crippen LogP contribution in [0.4, 0.5) is 5.69 Å². The fourth-order valence-corrected chi connectivity index (χ4v) is 1.68. The molecule has 104 valence electrons. The van der Waals surface area contributed by atoms with Crippen LogP contribution in [-0.2, 0) is 6.54 Å². The van der Waals surface area contributed by atoms with E-state index in [0.29, 0.717) is 18.5 Å². The van der Waals surface area contributed by atoms with Crippen LogP contribution in [0.3, 0.4) is 0 Å². The molecule has 0 spiro atoms. The minimum Gasteiger partial charge on any atom is -0.361 e. The van der Waals surface area contributed by atoms with Gasteiger partial charge in [-0.05, 0) is 0 Å². The van der Waals surface area contributed by atoms with Crippen molar-refractivity contribution < 1.29 is 0 Å². The van der Waals surface area contributed by atoms with E-state index in [1.54, 1.807) is 0 Å². The van der Waals surface area contributed by atoms with E-state index in [-0.39, 0.29) is 0 Å². The van der Waals surface area contributed by atoms with Crippen LogP contribution in [0.2, 0.25) is 0 Å². The Morgan fingerprint density at radius 1 is 1.37 bits per heavy atom. The monoisotopic (exact) mass is 260 g/mol. The van der Waals surface area contributed by atoms with E-state index in [9.17, 15) is 0 Å². The molecule has 1 aromatic heterocycles. The standard InChI is InChI=1S/C15H24N4/c1-7-8-19(6)14-10-17-15(11(2)3)18-13(14)9-16-12(4)5/h1,10-12,16H,8-9H2,2-6H3. The predicted molar refractivity (Wildman–Crippen MR) is 80.2 cm³/mol. The fraction of sp³-hybridized carbons (Fsp3) is 0.600. The van der Waals surface area contributed by atoms with Gasteiger partial charge in [0, 0.05) is 25.6 Å². The second-order valence-corrected chi connectivity index (χ2v) is 5.31. The van der Waals surface area contributed by atoms with Crippen LogP contribution in [0.15, 0.2) is 6.20 Å². The summed E-state index contributed by atoms with van der Waals surface area (Å²) in [5.41, 5.74) is 2.00. The van der Waals surface area contributed by atoms with Crippen molar-refractivity contribution in [3.05, 3.63) is 17.7 Å². The van der Waals surface area contributed by atoms with Crippen molar-refractivity contribution in [1.82, 2.24) is 15.3 Å². The van der Waals surface area contributed by atoms with Crippen LogP contribution in [0, 0.1) is 12.3 Å². The normalized spacial score (nSPS) is 10.8. The average molecular weight is 260 g/mol. The van der Waals surface area contributed by atoms with Crippen molar-refractivity contribution >= 4 is 5.69 Å². The lowest BCUT2D eigenvalue weighted by atomic mass is 10.2. The first-order valence-corrected chi connectivity index (χ1v) is 6.69. The molecule has 0 aliphatic rings. The van der Waals surface area contributed by atoms with Gasteiger partial charge in [-0.25, -0.2) is 9.97 Å². The first kappa shape index (κ1) is 15.5. The van der Waals surface area contributed by atoms with Gasteiger partial charge in [-0.3, -0.25) is 0 Å². The molecule has 0 saturated heterocycles. The molecule has 0 unspecified atom stereocenters. The molecule has 4 heteroatoms. The third kappa shape index (κ3) is 4.53. The van der Waals surface area contributed by atoms with E-state index in [4.69, 9.17) is 6.42 Å².